The van der Waals surface area contributed by atoms with Crippen molar-refractivity contribution in [1.82, 2.24) is 5.32 Å². The van der Waals surface area contributed by atoms with Gasteiger partial charge in [0.05, 0.1) is 24.4 Å². The molecule has 0 rings (SSSR count). The van der Waals surface area contributed by atoms with Crippen molar-refractivity contribution in [3.05, 3.63) is 0 Å². The normalized spacial score (nSPS) is 12.3. The topological polar surface area (TPSA) is 56.8 Å². The number of alkyl carbamates (subject to hydrolysis) is 1. The molecule has 0 fully saturated rings. The van der Waals surface area contributed by atoms with Gasteiger partial charge in [-0.1, -0.05) is 0 Å². The maximum Gasteiger partial charge on any atom is 0.407 e. The van der Waals surface area contributed by atoms with Gasteiger partial charge in [-0.05, 0) is 41.0 Å². The minimum atomic E-state index is -0.376. The second-order valence-electron chi connectivity index (χ2n) is 5.74. The highest BCUT2D eigenvalue weighted by atomic mass is 16.6. The number of ether oxygens (including phenoxy) is 3. The summed E-state index contributed by atoms with van der Waals surface area (Å²) in [6.07, 6.45) is 1.11. The predicted octanol–water partition coefficient (Wildman–Crippen LogP) is 2.73. The molecule has 0 radical (unpaired) electrons. The molecule has 0 aliphatic rings. The van der Waals surface area contributed by atoms with Gasteiger partial charge in [-0.3, -0.25) is 0 Å². The van der Waals surface area contributed by atoms with Gasteiger partial charge in [0.2, 0.25) is 0 Å². The maximum absolute atomic E-state index is 11.1. The summed E-state index contributed by atoms with van der Waals surface area (Å²) in [5.41, 5.74) is -0.482. The zero-order valence-corrected chi connectivity index (χ0v) is 13.2. The first-order valence-electron chi connectivity index (χ1n) is 6.82. The fourth-order valence-electron chi connectivity index (χ4n) is 1.33. The molecule has 0 aromatic heterocycles. The molecule has 0 atom stereocenters. The van der Waals surface area contributed by atoms with Gasteiger partial charge in [0, 0.05) is 20.1 Å². The summed E-state index contributed by atoms with van der Waals surface area (Å²) in [6.45, 7) is 11.4. The summed E-state index contributed by atoms with van der Waals surface area (Å²) in [7, 11) is 1.70. The van der Waals surface area contributed by atoms with Crippen LogP contribution in [0.2, 0.25) is 0 Å². The van der Waals surface area contributed by atoms with Crippen LogP contribution in [0.3, 0.4) is 0 Å². The van der Waals surface area contributed by atoms with Gasteiger partial charge in [-0.15, -0.1) is 0 Å². The Hall–Kier alpha value is -0.810. The summed E-state index contributed by atoms with van der Waals surface area (Å²) < 4.78 is 16.2. The van der Waals surface area contributed by atoms with Gasteiger partial charge in [0.1, 0.15) is 0 Å². The summed E-state index contributed by atoms with van der Waals surface area (Å²) in [5.74, 6) is 0. The number of carbonyl (C=O) groups is 1. The molecule has 5 heteroatoms. The van der Waals surface area contributed by atoms with E-state index in [0.29, 0.717) is 26.2 Å². The Balaban J connectivity index is 3.83. The van der Waals surface area contributed by atoms with Crippen LogP contribution in [0.5, 0.6) is 0 Å². The van der Waals surface area contributed by atoms with Gasteiger partial charge >= 0.3 is 6.09 Å². The lowest BCUT2D eigenvalue weighted by molar-refractivity contribution is -0.0662. The minimum Gasteiger partial charge on any atom is -0.449 e. The van der Waals surface area contributed by atoms with Crippen molar-refractivity contribution in [2.24, 2.45) is 0 Å². The third-order valence-corrected chi connectivity index (χ3v) is 3.01. The average molecular weight is 275 g/mol. The summed E-state index contributed by atoms with van der Waals surface area (Å²) in [5, 5.41) is 2.58. The number of rotatable bonds is 9. The third kappa shape index (κ3) is 9.73. The molecule has 19 heavy (non-hydrogen) atoms. The molecule has 114 valence electrons. The van der Waals surface area contributed by atoms with Crippen LogP contribution in [0.25, 0.3) is 0 Å². The summed E-state index contributed by atoms with van der Waals surface area (Å²) in [6, 6.07) is 0. The van der Waals surface area contributed by atoms with E-state index in [0.717, 1.165) is 6.42 Å². The Morgan fingerprint density at radius 2 is 1.63 bits per heavy atom. The van der Waals surface area contributed by atoms with Gasteiger partial charge in [0.15, 0.2) is 0 Å². The van der Waals surface area contributed by atoms with Crippen molar-refractivity contribution in [2.45, 2.75) is 58.7 Å². The van der Waals surface area contributed by atoms with Crippen molar-refractivity contribution < 1.29 is 19.0 Å². The number of hydrogen-bond donors (Lipinski definition) is 1. The van der Waals surface area contributed by atoms with E-state index in [9.17, 15) is 4.79 Å². The number of amides is 1. The lowest BCUT2D eigenvalue weighted by Gasteiger charge is -2.28. The van der Waals surface area contributed by atoms with Gasteiger partial charge < -0.3 is 19.5 Å². The molecule has 0 bridgehead atoms. The number of nitrogens with one attached hydrogen (secondary N) is 1. The van der Waals surface area contributed by atoms with E-state index in [2.05, 4.69) is 5.32 Å². The van der Waals surface area contributed by atoms with E-state index >= 15 is 0 Å². The Morgan fingerprint density at radius 1 is 1.05 bits per heavy atom. The van der Waals surface area contributed by atoms with E-state index in [1.165, 1.54) is 0 Å². The number of methoxy groups -OCH3 is 1. The van der Waals surface area contributed by atoms with Gasteiger partial charge in [0.25, 0.3) is 0 Å². The Labute approximate surface area is 117 Å². The van der Waals surface area contributed by atoms with Crippen LogP contribution in [0, 0.1) is 0 Å². The second-order valence-corrected chi connectivity index (χ2v) is 5.74. The molecule has 1 amide bonds. The average Bonchev–Trinajstić information content (AvgIpc) is 2.28. The molecule has 0 aromatic rings. The van der Waals surface area contributed by atoms with E-state index in [1.807, 2.05) is 34.6 Å². The number of carbonyl (C=O) groups excluding carboxylic acids is 1. The van der Waals surface area contributed by atoms with Crippen LogP contribution >= 0.6 is 0 Å². The van der Waals surface area contributed by atoms with Crippen molar-refractivity contribution >= 4 is 6.09 Å². The summed E-state index contributed by atoms with van der Waals surface area (Å²) in [4.78, 5) is 11.1. The van der Waals surface area contributed by atoms with Crippen molar-refractivity contribution in [3.63, 3.8) is 0 Å². The molecule has 1 N–H and O–H groups in total. The highest BCUT2D eigenvalue weighted by molar-refractivity contribution is 5.66. The second kappa shape index (κ2) is 8.38. The maximum atomic E-state index is 11.1. The highest BCUT2D eigenvalue weighted by Gasteiger charge is 2.22. The molecule has 0 saturated heterocycles. The Bertz CT molecular complexity index is 264. The molecule has 0 spiro atoms. The monoisotopic (exact) mass is 275 g/mol. The SMILES string of the molecule is CCNC(=O)OCCC(C)(C)OCCC(C)(C)OC. The standard InChI is InChI=1S/C14H29NO4/c1-7-15-12(16)18-10-8-14(4,5)19-11-9-13(2,3)17-6/h7-11H2,1-6H3,(H,15,16). The zero-order valence-electron chi connectivity index (χ0n) is 13.2. The van der Waals surface area contributed by atoms with Crippen LogP contribution in [-0.4, -0.2) is 44.2 Å². The smallest absolute Gasteiger partial charge is 0.407 e. The predicted molar refractivity (Wildman–Crippen MR) is 75.4 cm³/mol. The molecule has 5 nitrogen and oxygen atoms in total. The third-order valence-electron chi connectivity index (χ3n) is 3.01. The van der Waals surface area contributed by atoms with Crippen LogP contribution in [0.4, 0.5) is 4.79 Å². The van der Waals surface area contributed by atoms with Crippen LogP contribution in [-0.2, 0) is 14.2 Å². The fourth-order valence-corrected chi connectivity index (χ4v) is 1.33. The summed E-state index contributed by atoms with van der Waals surface area (Å²) >= 11 is 0. The minimum absolute atomic E-state index is 0.173. The van der Waals surface area contributed by atoms with E-state index in [-0.39, 0.29) is 17.3 Å². The van der Waals surface area contributed by atoms with E-state index < -0.39 is 0 Å². The molecule has 0 saturated carbocycles. The quantitative estimate of drug-likeness (QED) is 0.703. The Kier molecular flexibility index (Phi) is 8.02. The molecule has 0 aromatic carbocycles. The van der Waals surface area contributed by atoms with Gasteiger partial charge in [-0.2, -0.15) is 0 Å². The first kappa shape index (κ1) is 18.2. The lowest BCUT2D eigenvalue weighted by Crippen LogP contribution is -2.32. The molecule has 0 aliphatic heterocycles. The molecular weight excluding hydrogens is 246 g/mol. The van der Waals surface area contributed by atoms with Crippen molar-refractivity contribution in [2.75, 3.05) is 26.9 Å². The molecule has 0 unspecified atom stereocenters. The first-order chi connectivity index (χ1) is 8.72. The van der Waals surface area contributed by atoms with E-state index in [1.54, 1.807) is 7.11 Å². The van der Waals surface area contributed by atoms with Crippen molar-refractivity contribution in [3.8, 4) is 0 Å². The molecule has 0 heterocycles. The zero-order chi connectivity index (χ0) is 14.9. The fraction of sp³-hybridized carbons (Fsp3) is 0.929. The lowest BCUT2D eigenvalue weighted by atomic mass is 10.0. The van der Waals surface area contributed by atoms with Crippen LogP contribution in [0.1, 0.15) is 47.5 Å². The van der Waals surface area contributed by atoms with E-state index in [4.69, 9.17) is 14.2 Å². The first-order valence-corrected chi connectivity index (χ1v) is 6.82. The number of hydrogen-bond acceptors (Lipinski definition) is 4. The van der Waals surface area contributed by atoms with Crippen LogP contribution < -0.4 is 5.32 Å². The Morgan fingerprint density at radius 3 is 2.16 bits per heavy atom. The largest absolute Gasteiger partial charge is 0.449 e. The highest BCUT2D eigenvalue weighted by Crippen LogP contribution is 2.18. The molecule has 0 aliphatic carbocycles. The van der Waals surface area contributed by atoms with Crippen molar-refractivity contribution in [1.29, 1.82) is 0 Å². The van der Waals surface area contributed by atoms with Crippen LogP contribution in [0.15, 0.2) is 0 Å². The van der Waals surface area contributed by atoms with Gasteiger partial charge in [-0.25, -0.2) is 4.79 Å². The molecular formula is C14H29NO4.